The van der Waals surface area contributed by atoms with Gasteiger partial charge in [0.05, 0.1) is 10.7 Å². The van der Waals surface area contributed by atoms with E-state index in [1.54, 1.807) is 11.3 Å². The molecule has 84 valence electrons. The molecular weight excluding hydrogens is 242 g/mol. The lowest BCUT2D eigenvalue weighted by molar-refractivity contribution is 0.552. The molecule has 3 rings (SSSR count). The lowest BCUT2D eigenvalue weighted by atomic mass is 10.2. The van der Waals surface area contributed by atoms with Gasteiger partial charge in [0, 0.05) is 5.92 Å². The molecule has 0 aromatic carbocycles. The Labute approximate surface area is 102 Å². The Kier molecular flexibility index (Phi) is 2.40. The zero-order valence-corrected chi connectivity index (χ0v) is 10.5. The SMILES string of the molecule is CCc1nc(C2CC2)c(-c2n[nH]c(=S)o2)s1. The minimum atomic E-state index is 0.322. The van der Waals surface area contributed by atoms with Gasteiger partial charge in [0.25, 0.3) is 10.7 Å². The molecule has 1 fully saturated rings. The molecule has 0 atom stereocenters. The van der Waals surface area contributed by atoms with Gasteiger partial charge in [0.2, 0.25) is 0 Å². The fourth-order valence-electron chi connectivity index (χ4n) is 1.64. The molecule has 2 aromatic heterocycles. The largest absolute Gasteiger partial charge is 0.408 e. The molecule has 2 aromatic rings. The molecule has 6 heteroatoms. The smallest absolute Gasteiger partial charge is 0.284 e. The maximum atomic E-state index is 5.36. The van der Waals surface area contributed by atoms with E-state index < -0.39 is 0 Å². The summed E-state index contributed by atoms with van der Waals surface area (Å²) in [5.41, 5.74) is 1.15. The van der Waals surface area contributed by atoms with E-state index in [-0.39, 0.29) is 0 Å². The van der Waals surface area contributed by atoms with Crippen LogP contribution in [0.2, 0.25) is 0 Å². The average Bonchev–Trinajstić information content (AvgIpc) is 2.89. The number of rotatable bonds is 3. The van der Waals surface area contributed by atoms with Crippen molar-refractivity contribution in [1.82, 2.24) is 15.2 Å². The number of hydrogen-bond acceptors (Lipinski definition) is 5. The zero-order valence-electron chi connectivity index (χ0n) is 8.82. The summed E-state index contributed by atoms with van der Waals surface area (Å²) in [6.45, 7) is 2.11. The van der Waals surface area contributed by atoms with Crippen LogP contribution in [0.1, 0.15) is 36.4 Å². The van der Waals surface area contributed by atoms with E-state index in [9.17, 15) is 0 Å². The number of thiazole rings is 1. The Morgan fingerprint density at radius 1 is 1.56 bits per heavy atom. The highest BCUT2D eigenvalue weighted by molar-refractivity contribution is 7.71. The summed E-state index contributed by atoms with van der Waals surface area (Å²) in [5.74, 6) is 1.19. The van der Waals surface area contributed by atoms with E-state index in [1.165, 1.54) is 12.8 Å². The molecule has 0 radical (unpaired) electrons. The van der Waals surface area contributed by atoms with Gasteiger partial charge < -0.3 is 4.42 Å². The van der Waals surface area contributed by atoms with Gasteiger partial charge in [0.1, 0.15) is 4.88 Å². The van der Waals surface area contributed by atoms with Crippen LogP contribution in [0.5, 0.6) is 0 Å². The van der Waals surface area contributed by atoms with Crippen molar-refractivity contribution in [2.45, 2.75) is 32.1 Å². The lowest BCUT2D eigenvalue weighted by Gasteiger charge is -1.92. The van der Waals surface area contributed by atoms with Gasteiger partial charge in [-0.3, -0.25) is 0 Å². The predicted molar refractivity (Wildman–Crippen MR) is 64.1 cm³/mol. The van der Waals surface area contributed by atoms with Crippen LogP contribution in [0.15, 0.2) is 4.42 Å². The van der Waals surface area contributed by atoms with Crippen molar-refractivity contribution in [1.29, 1.82) is 0 Å². The number of aromatic nitrogens is 3. The molecule has 1 aliphatic carbocycles. The van der Waals surface area contributed by atoms with E-state index in [0.29, 0.717) is 16.6 Å². The van der Waals surface area contributed by atoms with E-state index in [1.807, 2.05) is 0 Å². The lowest BCUT2D eigenvalue weighted by Crippen LogP contribution is -1.85. The highest BCUT2D eigenvalue weighted by Gasteiger charge is 2.31. The van der Waals surface area contributed by atoms with Crippen LogP contribution in [0.4, 0.5) is 0 Å². The molecule has 1 aliphatic rings. The van der Waals surface area contributed by atoms with Crippen molar-refractivity contribution in [2.24, 2.45) is 0 Å². The number of hydrogen-bond donors (Lipinski definition) is 1. The first kappa shape index (κ1) is 10.2. The van der Waals surface area contributed by atoms with Crippen LogP contribution < -0.4 is 0 Å². The summed E-state index contributed by atoms with van der Waals surface area (Å²) < 4.78 is 5.36. The maximum Gasteiger partial charge on any atom is 0.284 e. The summed E-state index contributed by atoms with van der Waals surface area (Å²) in [6.07, 6.45) is 3.41. The van der Waals surface area contributed by atoms with Crippen molar-refractivity contribution in [3.05, 3.63) is 15.5 Å². The molecular formula is C10H11N3OS2. The van der Waals surface area contributed by atoms with Crippen LogP contribution >= 0.6 is 23.6 Å². The van der Waals surface area contributed by atoms with Crippen LogP contribution in [-0.4, -0.2) is 15.2 Å². The number of H-pyrrole nitrogens is 1. The molecule has 0 amide bonds. The van der Waals surface area contributed by atoms with Crippen molar-refractivity contribution >= 4 is 23.6 Å². The Bertz CT molecular complexity index is 565. The summed E-state index contributed by atoms with van der Waals surface area (Å²) in [5, 5.41) is 7.88. The molecule has 0 unspecified atom stereocenters. The fraction of sp³-hybridized carbons (Fsp3) is 0.500. The zero-order chi connectivity index (χ0) is 11.1. The van der Waals surface area contributed by atoms with Gasteiger partial charge in [-0.15, -0.1) is 16.4 Å². The number of aromatic amines is 1. The minimum Gasteiger partial charge on any atom is -0.408 e. The second-order valence-corrected chi connectivity index (χ2v) is 5.32. The molecule has 0 bridgehead atoms. The minimum absolute atomic E-state index is 0.322. The Morgan fingerprint density at radius 2 is 2.38 bits per heavy atom. The molecule has 2 heterocycles. The normalized spacial score (nSPS) is 15.6. The number of nitrogens with one attached hydrogen (secondary N) is 1. The quantitative estimate of drug-likeness (QED) is 0.853. The van der Waals surface area contributed by atoms with E-state index >= 15 is 0 Å². The van der Waals surface area contributed by atoms with Gasteiger partial charge in [-0.1, -0.05) is 6.92 Å². The standard InChI is InChI=1S/C10H11N3OS2/c1-2-6-11-7(5-3-4-5)8(16-6)9-12-13-10(15)14-9/h5H,2-4H2,1H3,(H,13,15). The molecule has 1 saturated carbocycles. The van der Waals surface area contributed by atoms with Gasteiger partial charge in [0.15, 0.2) is 0 Å². The summed E-state index contributed by atoms with van der Waals surface area (Å²) in [4.78, 5) is 6.02. The Hall–Kier alpha value is -1.01. The first-order chi connectivity index (χ1) is 7.78. The van der Waals surface area contributed by atoms with Crippen molar-refractivity contribution in [3.63, 3.8) is 0 Å². The molecule has 16 heavy (non-hydrogen) atoms. The van der Waals surface area contributed by atoms with E-state index in [0.717, 1.165) is 22.0 Å². The van der Waals surface area contributed by atoms with Gasteiger partial charge in [-0.25, -0.2) is 10.1 Å². The Morgan fingerprint density at radius 3 is 2.94 bits per heavy atom. The summed E-state index contributed by atoms with van der Waals surface area (Å²) in [6, 6.07) is 0. The third-order valence-corrected chi connectivity index (χ3v) is 3.97. The van der Waals surface area contributed by atoms with Gasteiger partial charge in [-0.05, 0) is 31.5 Å². The summed E-state index contributed by atoms with van der Waals surface area (Å²) in [7, 11) is 0. The number of aryl methyl sites for hydroxylation is 1. The highest BCUT2D eigenvalue weighted by atomic mass is 32.1. The second kappa shape index (κ2) is 3.78. The van der Waals surface area contributed by atoms with Gasteiger partial charge >= 0.3 is 0 Å². The van der Waals surface area contributed by atoms with Crippen molar-refractivity contribution in [2.75, 3.05) is 0 Å². The van der Waals surface area contributed by atoms with Crippen LogP contribution in [0.25, 0.3) is 10.8 Å². The third kappa shape index (κ3) is 1.72. The van der Waals surface area contributed by atoms with Crippen molar-refractivity contribution < 1.29 is 4.42 Å². The Balaban J connectivity index is 2.10. The molecule has 1 N–H and O–H groups in total. The maximum absolute atomic E-state index is 5.36. The van der Waals surface area contributed by atoms with Gasteiger partial charge in [-0.2, -0.15) is 0 Å². The predicted octanol–water partition coefficient (Wildman–Crippen LogP) is 3.30. The number of nitrogens with zero attached hydrogens (tertiary/aromatic N) is 2. The van der Waals surface area contributed by atoms with Crippen molar-refractivity contribution in [3.8, 4) is 10.8 Å². The monoisotopic (exact) mass is 253 g/mol. The third-order valence-electron chi connectivity index (χ3n) is 2.60. The fourth-order valence-corrected chi connectivity index (χ4v) is 2.78. The van der Waals surface area contributed by atoms with Crippen LogP contribution in [0.3, 0.4) is 0 Å². The van der Waals surface area contributed by atoms with E-state index in [4.69, 9.17) is 16.6 Å². The van der Waals surface area contributed by atoms with E-state index in [2.05, 4.69) is 22.1 Å². The first-order valence-corrected chi connectivity index (χ1v) is 6.56. The topological polar surface area (TPSA) is 54.7 Å². The molecule has 4 nitrogen and oxygen atoms in total. The highest BCUT2D eigenvalue weighted by Crippen LogP contribution is 2.45. The van der Waals surface area contributed by atoms with Crippen LogP contribution in [0, 0.1) is 4.84 Å². The molecule has 0 spiro atoms. The average molecular weight is 253 g/mol. The summed E-state index contributed by atoms with van der Waals surface area (Å²) >= 11 is 6.55. The molecule has 0 saturated heterocycles. The first-order valence-electron chi connectivity index (χ1n) is 5.33. The van der Waals surface area contributed by atoms with Crippen LogP contribution in [-0.2, 0) is 6.42 Å². The molecule has 0 aliphatic heterocycles. The second-order valence-electron chi connectivity index (χ2n) is 3.87.